The Kier molecular flexibility index (Phi) is 4.24. The van der Waals surface area contributed by atoms with E-state index in [2.05, 4.69) is 10.3 Å². The van der Waals surface area contributed by atoms with Crippen LogP contribution in [0.4, 0.5) is 0 Å². The number of nitrogens with one attached hydrogen (secondary N) is 1. The largest absolute Gasteiger partial charge is 0.486 e. The van der Waals surface area contributed by atoms with E-state index in [1.807, 2.05) is 31.3 Å². The number of rotatable bonds is 6. The molecule has 0 radical (unpaired) electrons. The fourth-order valence-electron chi connectivity index (χ4n) is 1.94. The van der Waals surface area contributed by atoms with Gasteiger partial charge in [-0.3, -0.25) is 0 Å². The Hall–Kier alpha value is -1.10. The van der Waals surface area contributed by atoms with E-state index in [9.17, 15) is 0 Å². The minimum Gasteiger partial charge on any atom is -0.486 e. The van der Waals surface area contributed by atoms with Crippen LogP contribution in [0.3, 0.4) is 0 Å². The van der Waals surface area contributed by atoms with Crippen LogP contribution in [0.5, 0.6) is 5.75 Å². The molecule has 1 saturated carbocycles. The lowest BCUT2D eigenvalue weighted by atomic mass is 10.2. The minimum atomic E-state index is 0.510. The van der Waals surface area contributed by atoms with Crippen LogP contribution in [0.15, 0.2) is 24.4 Å². The van der Waals surface area contributed by atoms with Crippen molar-refractivity contribution in [1.29, 1.82) is 0 Å². The van der Waals surface area contributed by atoms with E-state index in [4.69, 9.17) is 16.3 Å². The first-order chi connectivity index (χ1) is 9.70. The van der Waals surface area contributed by atoms with E-state index in [0.717, 1.165) is 33.9 Å². The molecule has 20 heavy (non-hydrogen) atoms. The molecule has 2 aromatic rings. The van der Waals surface area contributed by atoms with Crippen molar-refractivity contribution in [2.45, 2.75) is 39.0 Å². The van der Waals surface area contributed by atoms with Gasteiger partial charge in [-0.1, -0.05) is 11.6 Å². The summed E-state index contributed by atoms with van der Waals surface area (Å²) in [6, 6.07) is 6.38. The highest BCUT2D eigenvalue weighted by molar-refractivity contribution is 7.11. The molecule has 5 heteroatoms. The standard InChI is InChI=1S/C15H17ClN2OS/c1-10-6-11(16)2-5-14(10)19-9-15-18-8-13(20-15)7-17-12-3-4-12/h2,5-6,8,12,17H,3-4,7,9H2,1H3. The van der Waals surface area contributed by atoms with Crippen molar-refractivity contribution < 1.29 is 4.74 Å². The SMILES string of the molecule is Cc1cc(Cl)ccc1OCc1ncc(CNC2CC2)s1. The maximum Gasteiger partial charge on any atom is 0.140 e. The molecule has 3 rings (SSSR count). The lowest BCUT2D eigenvalue weighted by Crippen LogP contribution is -2.14. The number of hydrogen-bond acceptors (Lipinski definition) is 4. The third kappa shape index (κ3) is 3.72. The number of thiazole rings is 1. The molecule has 0 aliphatic heterocycles. The van der Waals surface area contributed by atoms with Gasteiger partial charge < -0.3 is 10.1 Å². The van der Waals surface area contributed by atoms with Crippen molar-refractivity contribution in [2.24, 2.45) is 0 Å². The van der Waals surface area contributed by atoms with Crippen LogP contribution in [0, 0.1) is 6.92 Å². The van der Waals surface area contributed by atoms with Crippen LogP contribution in [0.1, 0.15) is 28.3 Å². The Morgan fingerprint density at radius 2 is 2.30 bits per heavy atom. The Morgan fingerprint density at radius 3 is 3.05 bits per heavy atom. The Bertz CT molecular complexity index is 595. The number of halogens is 1. The topological polar surface area (TPSA) is 34.1 Å². The molecule has 1 aromatic heterocycles. The maximum absolute atomic E-state index is 5.93. The van der Waals surface area contributed by atoms with Gasteiger partial charge in [0, 0.05) is 28.7 Å². The van der Waals surface area contributed by atoms with Gasteiger partial charge in [0.15, 0.2) is 0 Å². The van der Waals surface area contributed by atoms with E-state index in [1.165, 1.54) is 17.7 Å². The molecule has 1 heterocycles. The van der Waals surface area contributed by atoms with Gasteiger partial charge in [0.25, 0.3) is 0 Å². The Labute approximate surface area is 127 Å². The Morgan fingerprint density at radius 1 is 1.45 bits per heavy atom. The fraction of sp³-hybridized carbons (Fsp3) is 0.400. The first-order valence-electron chi connectivity index (χ1n) is 6.76. The highest BCUT2D eigenvalue weighted by atomic mass is 35.5. The van der Waals surface area contributed by atoms with E-state index in [0.29, 0.717) is 6.61 Å². The lowest BCUT2D eigenvalue weighted by molar-refractivity contribution is 0.303. The predicted molar refractivity (Wildman–Crippen MR) is 82.5 cm³/mol. The molecule has 1 N–H and O–H groups in total. The van der Waals surface area contributed by atoms with Crippen molar-refractivity contribution >= 4 is 22.9 Å². The normalized spacial score (nSPS) is 14.5. The van der Waals surface area contributed by atoms with E-state index >= 15 is 0 Å². The van der Waals surface area contributed by atoms with Gasteiger partial charge in [0.05, 0.1) is 0 Å². The third-order valence-corrected chi connectivity index (χ3v) is 4.44. The van der Waals surface area contributed by atoms with E-state index < -0.39 is 0 Å². The second kappa shape index (κ2) is 6.12. The maximum atomic E-state index is 5.93. The fourth-order valence-corrected chi connectivity index (χ4v) is 2.96. The van der Waals surface area contributed by atoms with E-state index in [1.54, 1.807) is 11.3 Å². The second-order valence-corrected chi connectivity index (χ2v) is 6.71. The summed E-state index contributed by atoms with van der Waals surface area (Å²) < 4.78 is 5.80. The molecule has 0 spiro atoms. The molecule has 0 atom stereocenters. The summed E-state index contributed by atoms with van der Waals surface area (Å²) in [4.78, 5) is 5.67. The van der Waals surface area contributed by atoms with E-state index in [-0.39, 0.29) is 0 Å². The molecule has 1 aliphatic rings. The summed E-state index contributed by atoms with van der Waals surface area (Å²) in [5, 5.41) is 5.23. The lowest BCUT2D eigenvalue weighted by Gasteiger charge is -2.07. The van der Waals surface area contributed by atoms with Gasteiger partial charge in [-0.15, -0.1) is 11.3 Å². The first-order valence-corrected chi connectivity index (χ1v) is 7.96. The molecular formula is C15H17ClN2OS. The quantitative estimate of drug-likeness (QED) is 0.878. The number of hydrogen-bond donors (Lipinski definition) is 1. The van der Waals surface area contributed by atoms with Gasteiger partial charge in [0.1, 0.15) is 17.4 Å². The Balaban J connectivity index is 1.54. The average molecular weight is 309 g/mol. The van der Waals surface area contributed by atoms with Crippen LogP contribution >= 0.6 is 22.9 Å². The van der Waals surface area contributed by atoms with Crippen molar-refractivity contribution in [3.8, 4) is 5.75 Å². The van der Waals surface area contributed by atoms with Crippen molar-refractivity contribution in [1.82, 2.24) is 10.3 Å². The van der Waals surface area contributed by atoms with Gasteiger partial charge in [-0.05, 0) is 43.5 Å². The summed E-state index contributed by atoms with van der Waals surface area (Å²) in [5.41, 5.74) is 1.05. The van der Waals surface area contributed by atoms with Crippen LogP contribution in [0.2, 0.25) is 5.02 Å². The number of aryl methyl sites for hydroxylation is 1. The molecule has 0 saturated heterocycles. The van der Waals surface area contributed by atoms with Gasteiger partial charge in [0.2, 0.25) is 0 Å². The van der Waals surface area contributed by atoms with Crippen molar-refractivity contribution in [3.63, 3.8) is 0 Å². The zero-order valence-electron chi connectivity index (χ0n) is 11.4. The number of benzene rings is 1. The summed E-state index contributed by atoms with van der Waals surface area (Å²) in [6.07, 6.45) is 4.56. The monoisotopic (exact) mass is 308 g/mol. The van der Waals surface area contributed by atoms with Crippen LogP contribution in [-0.2, 0) is 13.2 Å². The molecule has 0 unspecified atom stereocenters. The highest BCUT2D eigenvalue weighted by Crippen LogP contribution is 2.24. The van der Waals surface area contributed by atoms with Gasteiger partial charge in [-0.2, -0.15) is 0 Å². The molecule has 1 fully saturated rings. The molecule has 106 valence electrons. The summed E-state index contributed by atoms with van der Waals surface area (Å²) in [6.45, 7) is 3.42. The van der Waals surface area contributed by atoms with Crippen LogP contribution < -0.4 is 10.1 Å². The smallest absolute Gasteiger partial charge is 0.140 e. The zero-order valence-corrected chi connectivity index (χ0v) is 12.9. The average Bonchev–Trinajstić information content (AvgIpc) is 3.14. The summed E-state index contributed by atoms with van der Waals surface area (Å²) >= 11 is 7.64. The highest BCUT2D eigenvalue weighted by Gasteiger charge is 2.20. The summed E-state index contributed by atoms with van der Waals surface area (Å²) in [5.74, 6) is 0.863. The molecule has 3 nitrogen and oxygen atoms in total. The van der Waals surface area contributed by atoms with Gasteiger partial charge in [-0.25, -0.2) is 4.98 Å². The van der Waals surface area contributed by atoms with Crippen LogP contribution in [0.25, 0.3) is 0 Å². The second-order valence-electron chi connectivity index (χ2n) is 5.07. The zero-order chi connectivity index (χ0) is 13.9. The summed E-state index contributed by atoms with van der Waals surface area (Å²) in [7, 11) is 0. The molecule has 1 aliphatic carbocycles. The molecule has 1 aromatic carbocycles. The van der Waals surface area contributed by atoms with Crippen LogP contribution in [-0.4, -0.2) is 11.0 Å². The molecular weight excluding hydrogens is 292 g/mol. The third-order valence-electron chi connectivity index (χ3n) is 3.23. The van der Waals surface area contributed by atoms with Crippen molar-refractivity contribution in [3.05, 3.63) is 44.9 Å². The predicted octanol–water partition coefficient (Wildman–Crippen LogP) is 3.94. The molecule has 0 amide bonds. The number of ether oxygens (including phenoxy) is 1. The minimum absolute atomic E-state index is 0.510. The molecule has 0 bridgehead atoms. The number of nitrogens with zero attached hydrogens (tertiary/aromatic N) is 1. The first kappa shape index (κ1) is 13.9. The van der Waals surface area contributed by atoms with Crippen molar-refractivity contribution in [2.75, 3.05) is 0 Å². The number of aromatic nitrogens is 1. The van der Waals surface area contributed by atoms with Gasteiger partial charge >= 0.3 is 0 Å².